The Bertz CT molecular complexity index is 664. The third kappa shape index (κ3) is 4.25. The minimum atomic E-state index is -0.219. The fourth-order valence-corrected chi connectivity index (χ4v) is 3.58. The molecule has 136 valence electrons. The lowest BCUT2D eigenvalue weighted by atomic mass is 10.1. The van der Waals surface area contributed by atoms with Crippen molar-refractivity contribution in [3.8, 4) is 0 Å². The largest absolute Gasteiger partial charge is 0.373 e. The Kier molecular flexibility index (Phi) is 5.49. The lowest BCUT2D eigenvalue weighted by molar-refractivity contribution is -0.131. The quantitative estimate of drug-likeness (QED) is 0.878. The zero-order valence-electron chi connectivity index (χ0n) is 14.8. The molecule has 2 aliphatic rings. The van der Waals surface area contributed by atoms with Gasteiger partial charge in [-0.2, -0.15) is 0 Å². The minimum absolute atomic E-state index is 0.101. The Morgan fingerprint density at radius 3 is 2.80 bits per heavy atom. The summed E-state index contributed by atoms with van der Waals surface area (Å²) in [6.45, 7) is 3.39. The number of nitrogens with zero attached hydrogens (tertiary/aromatic N) is 3. The van der Waals surface area contributed by atoms with Crippen LogP contribution in [0.2, 0.25) is 5.02 Å². The van der Waals surface area contributed by atoms with Gasteiger partial charge in [0.15, 0.2) is 0 Å². The van der Waals surface area contributed by atoms with E-state index in [-0.39, 0.29) is 17.9 Å². The summed E-state index contributed by atoms with van der Waals surface area (Å²) in [5.74, 6) is 0.234. The summed E-state index contributed by atoms with van der Waals surface area (Å²) < 4.78 is 0. The number of benzene rings is 1. The number of carbonyl (C=O) groups is 2. The zero-order chi connectivity index (χ0) is 18.0. The second-order valence-corrected chi connectivity index (χ2v) is 7.38. The van der Waals surface area contributed by atoms with Crippen LogP contribution in [0.25, 0.3) is 0 Å². The van der Waals surface area contributed by atoms with Crippen molar-refractivity contribution in [2.24, 2.45) is 0 Å². The molecule has 0 aliphatic carbocycles. The number of fused-ring (bicyclic) bond motifs is 1. The van der Waals surface area contributed by atoms with Gasteiger partial charge in [0, 0.05) is 57.4 Å². The average molecular weight is 365 g/mol. The van der Waals surface area contributed by atoms with Crippen molar-refractivity contribution in [3.05, 3.63) is 28.8 Å². The highest BCUT2D eigenvalue weighted by atomic mass is 35.5. The second kappa shape index (κ2) is 7.62. The molecular formula is C18H25ClN4O2. The van der Waals surface area contributed by atoms with Gasteiger partial charge in [0.05, 0.1) is 6.54 Å². The van der Waals surface area contributed by atoms with Gasteiger partial charge in [0.25, 0.3) is 0 Å². The number of nitrogens with one attached hydrogen (secondary N) is 1. The fourth-order valence-electron chi connectivity index (χ4n) is 3.38. The van der Waals surface area contributed by atoms with Crippen LogP contribution in [-0.4, -0.2) is 79.4 Å². The van der Waals surface area contributed by atoms with E-state index in [9.17, 15) is 9.59 Å². The van der Waals surface area contributed by atoms with Crippen molar-refractivity contribution >= 4 is 29.1 Å². The van der Waals surface area contributed by atoms with Crippen LogP contribution in [-0.2, 0) is 16.0 Å². The first-order valence-corrected chi connectivity index (χ1v) is 9.08. The van der Waals surface area contributed by atoms with Crippen LogP contribution in [0.5, 0.6) is 0 Å². The molecule has 0 unspecified atom stereocenters. The average Bonchev–Trinajstić information content (AvgIpc) is 2.85. The molecule has 2 aliphatic heterocycles. The van der Waals surface area contributed by atoms with Crippen LogP contribution in [0.3, 0.4) is 0 Å². The smallest absolute Gasteiger partial charge is 0.245 e. The monoisotopic (exact) mass is 364 g/mol. The molecule has 7 heteroatoms. The number of anilines is 1. The van der Waals surface area contributed by atoms with Crippen molar-refractivity contribution in [2.45, 2.75) is 18.9 Å². The molecule has 0 radical (unpaired) electrons. The molecular weight excluding hydrogens is 340 g/mol. The van der Waals surface area contributed by atoms with Crippen LogP contribution in [0.4, 0.5) is 5.69 Å². The normalized spacial score (nSPS) is 20.6. The van der Waals surface area contributed by atoms with Crippen LogP contribution in [0, 0.1) is 0 Å². The molecule has 3 rings (SSSR count). The maximum atomic E-state index is 12.9. The molecule has 2 heterocycles. The predicted octanol–water partition coefficient (Wildman–Crippen LogP) is 1.30. The van der Waals surface area contributed by atoms with Crippen molar-refractivity contribution in [2.75, 3.05) is 52.1 Å². The summed E-state index contributed by atoms with van der Waals surface area (Å²) >= 11 is 6.04. The van der Waals surface area contributed by atoms with Gasteiger partial charge in [0.2, 0.25) is 11.8 Å². The number of halogens is 1. The first-order valence-electron chi connectivity index (χ1n) is 8.70. The van der Waals surface area contributed by atoms with Crippen molar-refractivity contribution < 1.29 is 9.59 Å². The number of hydrogen-bond acceptors (Lipinski definition) is 4. The van der Waals surface area contributed by atoms with Crippen LogP contribution < -0.4 is 5.32 Å². The topological polar surface area (TPSA) is 55.9 Å². The molecule has 0 saturated carbocycles. The molecule has 6 nitrogen and oxygen atoms in total. The summed E-state index contributed by atoms with van der Waals surface area (Å²) in [6.07, 6.45) is 1.56. The van der Waals surface area contributed by atoms with E-state index in [1.807, 2.05) is 23.1 Å². The van der Waals surface area contributed by atoms with Gasteiger partial charge in [-0.05, 0) is 30.2 Å². The van der Waals surface area contributed by atoms with Gasteiger partial charge in [-0.1, -0.05) is 11.6 Å². The van der Waals surface area contributed by atoms with Gasteiger partial charge in [-0.3, -0.25) is 14.5 Å². The molecule has 1 saturated heterocycles. The Labute approximate surface area is 153 Å². The van der Waals surface area contributed by atoms with Crippen molar-refractivity contribution in [1.29, 1.82) is 0 Å². The molecule has 1 N–H and O–H groups in total. The number of rotatable bonds is 3. The minimum Gasteiger partial charge on any atom is -0.373 e. The Balaban J connectivity index is 1.56. The highest BCUT2D eigenvalue weighted by molar-refractivity contribution is 6.30. The van der Waals surface area contributed by atoms with E-state index >= 15 is 0 Å². The van der Waals surface area contributed by atoms with Crippen LogP contribution in [0.15, 0.2) is 18.2 Å². The van der Waals surface area contributed by atoms with Gasteiger partial charge in [-0.25, -0.2) is 0 Å². The summed E-state index contributed by atoms with van der Waals surface area (Å²) in [6, 6.07) is 5.48. The highest BCUT2D eigenvalue weighted by Crippen LogP contribution is 2.29. The van der Waals surface area contributed by atoms with Gasteiger partial charge < -0.3 is 15.1 Å². The van der Waals surface area contributed by atoms with Crippen LogP contribution in [0.1, 0.15) is 12.0 Å². The molecule has 1 atom stereocenters. The lowest BCUT2D eigenvalue weighted by Gasteiger charge is -2.25. The van der Waals surface area contributed by atoms with Gasteiger partial charge in [-0.15, -0.1) is 0 Å². The van der Waals surface area contributed by atoms with E-state index in [2.05, 4.69) is 10.2 Å². The summed E-state index contributed by atoms with van der Waals surface area (Å²) in [7, 11) is 3.54. The van der Waals surface area contributed by atoms with E-state index in [0.29, 0.717) is 24.5 Å². The Hall–Kier alpha value is -1.79. The molecule has 0 spiro atoms. The van der Waals surface area contributed by atoms with Crippen LogP contribution >= 0.6 is 11.6 Å². The first-order chi connectivity index (χ1) is 11.9. The first kappa shape index (κ1) is 18.0. The second-order valence-electron chi connectivity index (χ2n) is 6.95. The summed E-state index contributed by atoms with van der Waals surface area (Å²) in [5, 5.41) is 4.01. The maximum absolute atomic E-state index is 12.9. The van der Waals surface area contributed by atoms with Gasteiger partial charge in [0.1, 0.15) is 6.04 Å². The lowest BCUT2D eigenvalue weighted by Crippen LogP contribution is -2.44. The number of likely N-dealkylation sites (N-methyl/N-ethyl adjacent to an activating group) is 1. The molecule has 2 amide bonds. The van der Waals surface area contributed by atoms with Crippen molar-refractivity contribution in [3.63, 3.8) is 0 Å². The van der Waals surface area contributed by atoms with E-state index < -0.39 is 0 Å². The molecule has 1 fully saturated rings. The molecule has 25 heavy (non-hydrogen) atoms. The third-order valence-electron chi connectivity index (χ3n) is 4.88. The van der Waals surface area contributed by atoms with E-state index in [1.54, 1.807) is 19.0 Å². The predicted molar refractivity (Wildman–Crippen MR) is 98.9 cm³/mol. The highest BCUT2D eigenvalue weighted by Gasteiger charge is 2.31. The number of carbonyl (C=O) groups excluding carboxylic acids is 2. The Morgan fingerprint density at radius 1 is 1.24 bits per heavy atom. The Morgan fingerprint density at radius 2 is 2.04 bits per heavy atom. The van der Waals surface area contributed by atoms with E-state index in [1.165, 1.54) is 0 Å². The molecule has 0 aromatic heterocycles. The van der Waals surface area contributed by atoms with E-state index in [0.717, 1.165) is 37.3 Å². The zero-order valence-corrected chi connectivity index (χ0v) is 15.6. The standard InChI is InChI=1S/C18H25ClN4O2/c1-21(2)17(24)12-22-6-3-7-23(9-8-22)18(25)16-11-13-10-14(19)4-5-15(13)20-16/h4-5,10,16,20H,3,6-9,11-12H2,1-2H3/t16-/m0/s1. The number of hydrogen-bond donors (Lipinski definition) is 1. The summed E-state index contributed by atoms with van der Waals surface area (Å²) in [5.41, 5.74) is 2.09. The van der Waals surface area contributed by atoms with E-state index in [4.69, 9.17) is 11.6 Å². The maximum Gasteiger partial charge on any atom is 0.245 e. The SMILES string of the molecule is CN(C)C(=O)CN1CCCN(C(=O)[C@@H]2Cc3cc(Cl)ccc3N2)CC1. The summed E-state index contributed by atoms with van der Waals surface area (Å²) in [4.78, 5) is 30.4. The third-order valence-corrected chi connectivity index (χ3v) is 5.11. The number of amides is 2. The molecule has 0 bridgehead atoms. The van der Waals surface area contributed by atoms with Gasteiger partial charge >= 0.3 is 0 Å². The fraction of sp³-hybridized carbons (Fsp3) is 0.556. The van der Waals surface area contributed by atoms with Crippen molar-refractivity contribution in [1.82, 2.24) is 14.7 Å². The molecule has 1 aromatic carbocycles. The molecule has 1 aromatic rings.